The molecule has 8 heteroatoms. The van der Waals surface area contributed by atoms with E-state index >= 15 is 4.39 Å². The Kier molecular flexibility index (Phi) is 10.3. The van der Waals surface area contributed by atoms with Crippen LogP contribution in [-0.2, 0) is 14.3 Å². The van der Waals surface area contributed by atoms with Gasteiger partial charge in [0.2, 0.25) is 14.2 Å². The largest absolute Gasteiger partial charge is 0.409 e. The maximum Gasteiger partial charge on any atom is 0.210 e. The van der Waals surface area contributed by atoms with Crippen LogP contribution in [0.3, 0.4) is 0 Å². The smallest absolute Gasteiger partial charge is 0.210 e. The van der Waals surface area contributed by atoms with Crippen molar-refractivity contribution in [2.45, 2.75) is 128 Å². The van der Waals surface area contributed by atoms with E-state index in [2.05, 4.69) is 39.6 Å². The Morgan fingerprint density at radius 2 is 1.85 bits per heavy atom. The summed E-state index contributed by atoms with van der Waals surface area (Å²) < 4.78 is 49.9. The molecule has 0 unspecified atom stereocenters. The number of alkyl halides is 1. The number of nitrogens with zero attached hydrogens (tertiary/aromatic N) is 1. The monoisotopic (exact) mass is 621 g/mol. The van der Waals surface area contributed by atoms with Crippen molar-refractivity contribution < 1.29 is 17.2 Å². The van der Waals surface area contributed by atoms with E-state index in [0.29, 0.717) is 24.2 Å². The van der Waals surface area contributed by atoms with Crippen molar-refractivity contribution in [2.24, 2.45) is 23.2 Å². The standard InChI is InChI=1S/C33H52FNO3S2Si/c1-8-41(9-2,10-3)38-32(5,6)30(34)20-17-24(4)26-18-19-27-25(14-13-22-33(26,27)7)21-23-40(36,37)31-35-28-15-11-12-16-29(28)39-31/h11-12,15-16,21,24,26-27,30H,8-10,13-14,17-20,22-23H2,1-7H3/b25-21+/t24-,26-,27+,30-,33-/m1/s1. The second-order valence-electron chi connectivity index (χ2n) is 13.6. The van der Waals surface area contributed by atoms with Gasteiger partial charge in [-0.3, -0.25) is 0 Å². The molecule has 0 radical (unpaired) electrons. The molecule has 1 aromatic heterocycles. The highest BCUT2D eigenvalue weighted by Crippen LogP contribution is 2.60. The van der Waals surface area contributed by atoms with E-state index < -0.39 is 29.9 Å². The van der Waals surface area contributed by atoms with Crippen molar-refractivity contribution >= 4 is 39.7 Å². The van der Waals surface area contributed by atoms with Gasteiger partial charge in [0, 0.05) is 0 Å². The number of fused-ring (bicyclic) bond motifs is 2. The van der Waals surface area contributed by atoms with Crippen LogP contribution in [0.5, 0.6) is 0 Å². The average Bonchev–Trinajstić information content (AvgIpc) is 3.55. The molecule has 2 aliphatic carbocycles. The lowest BCUT2D eigenvalue weighted by Gasteiger charge is -2.45. The number of benzene rings is 1. The van der Waals surface area contributed by atoms with Gasteiger partial charge in [-0.15, -0.1) is 11.3 Å². The molecule has 0 bridgehead atoms. The van der Waals surface area contributed by atoms with Crippen LogP contribution in [0.25, 0.3) is 10.2 Å². The summed E-state index contributed by atoms with van der Waals surface area (Å²) >= 11 is 1.26. The Hall–Kier alpha value is -1.09. The fourth-order valence-electron chi connectivity index (χ4n) is 8.08. The fraction of sp³-hybridized carbons (Fsp3) is 0.727. The lowest BCUT2D eigenvalue weighted by Crippen LogP contribution is -2.49. The Labute approximate surface area is 253 Å². The summed E-state index contributed by atoms with van der Waals surface area (Å²) in [6, 6.07) is 10.7. The Balaban J connectivity index is 1.40. The van der Waals surface area contributed by atoms with Gasteiger partial charge in [0.25, 0.3) is 0 Å². The van der Waals surface area contributed by atoms with Gasteiger partial charge >= 0.3 is 0 Å². The highest BCUT2D eigenvalue weighted by Gasteiger charge is 2.51. The van der Waals surface area contributed by atoms with E-state index in [0.717, 1.165) is 60.5 Å². The predicted octanol–water partition coefficient (Wildman–Crippen LogP) is 9.77. The predicted molar refractivity (Wildman–Crippen MR) is 174 cm³/mol. The zero-order valence-corrected chi connectivity index (χ0v) is 29.0. The molecule has 1 heterocycles. The number of aromatic nitrogens is 1. The van der Waals surface area contributed by atoms with Crippen molar-refractivity contribution in [1.29, 1.82) is 0 Å². The van der Waals surface area contributed by atoms with Crippen LogP contribution >= 0.6 is 11.3 Å². The van der Waals surface area contributed by atoms with E-state index in [9.17, 15) is 8.42 Å². The van der Waals surface area contributed by atoms with Crippen molar-refractivity contribution in [3.05, 3.63) is 35.9 Å². The van der Waals surface area contributed by atoms with E-state index in [-0.39, 0.29) is 15.5 Å². The molecule has 2 aliphatic rings. The molecule has 2 saturated carbocycles. The van der Waals surface area contributed by atoms with Crippen LogP contribution in [0.1, 0.15) is 93.4 Å². The summed E-state index contributed by atoms with van der Waals surface area (Å²) in [7, 11) is -5.36. The Morgan fingerprint density at radius 1 is 1.17 bits per heavy atom. The summed E-state index contributed by atoms with van der Waals surface area (Å²) in [5, 5.41) is 0. The minimum atomic E-state index is -3.47. The van der Waals surface area contributed by atoms with Gasteiger partial charge in [-0.2, -0.15) is 0 Å². The topological polar surface area (TPSA) is 56.3 Å². The Morgan fingerprint density at radius 3 is 2.51 bits per heavy atom. The lowest BCUT2D eigenvalue weighted by molar-refractivity contribution is 0.000358. The molecule has 5 atom stereocenters. The third kappa shape index (κ3) is 6.86. The van der Waals surface area contributed by atoms with Crippen molar-refractivity contribution in [3.8, 4) is 0 Å². The highest BCUT2D eigenvalue weighted by molar-refractivity contribution is 7.93. The van der Waals surface area contributed by atoms with Gasteiger partial charge in [-0.25, -0.2) is 17.8 Å². The molecule has 0 aliphatic heterocycles. The number of rotatable bonds is 13. The summed E-state index contributed by atoms with van der Waals surface area (Å²) in [6.07, 6.45) is 7.92. The number of allylic oxidation sites excluding steroid dienone is 1. The normalized spacial score (nSPS) is 26.4. The zero-order valence-electron chi connectivity index (χ0n) is 26.3. The quantitative estimate of drug-likeness (QED) is 0.165. The summed E-state index contributed by atoms with van der Waals surface area (Å²) in [4.78, 5) is 4.41. The molecular weight excluding hydrogens is 570 g/mol. The number of sulfone groups is 1. The first kappa shape index (κ1) is 32.8. The van der Waals surface area contributed by atoms with Crippen LogP contribution in [0, 0.1) is 23.2 Å². The van der Waals surface area contributed by atoms with E-state index in [4.69, 9.17) is 4.43 Å². The van der Waals surface area contributed by atoms with Crippen molar-refractivity contribution in [3.63, 3.8) is 0 Å². The van der Waals surface area contributed by atoms with E-state index in [1.54, 1.807) is 0 Å². The van der Waals surface area contributed by atoms with Crippen LogP contribution < -0.4 is 0 Å². The van der Waals surface area contributed by atoms with Gasteiger partial charge in [0.15, 0.2) is 8.32 Å². The molecule has 41 heavy (non-hydrogen) atoms. The van der Waals surface area contributed by atoms with Gasteiger partial charge in [-0.05, 0) is 112 Å². The molecule has 0 saturated heterocycles. The van der Waals surface area contributed by atoms with Crippen molar-refractivity contribution in [2.75, 3.05) is 5.75 Å². The molecule has 0 amide bonds. The minimum absolute atomic E-state index is 0.0195. The second-order valence-corrected chi connectivity index (χ2v) is 21.5. The number of hydrogen-bond acceptors (Lipinski definition) is 5. The van der Waals surface area contributed by atoms with Gasteiger partial charge in [0.05, 0.1) is 21.6 Å². The minimum Gasteiger partial charge on any atom is -0.409 e. The van der Waals surface area contributed by atoms with Crippen LogP contribution in [-0.4, -0.2) is 39.2 Å². The highest BCUT2D eigenvalue weighted by atomic mass is 32.2. The van der Waals surface area contributed by atoms with Crippen LogP contribution in [0.15, 0.2) is 40.3 Å². The molecule has 0 spiro atoms. The van der Waals surface area contributed by atoms with Crippen LogP contribution in [0.4, 0.5) is 4.39 Å². The third-order valence-electron chi connectivity index (χ3n) is 10.9. The number of hydrogen-bond donors (Lipinski definition) is 0. The zero-order chi connectivity index (χ0) is 30.1. The molecule has 0 N–H and O–H groups in total. The van der Waals surface area contributed by atoms with Gasteiger partial charge < -0.3 is 4.43 Å². The Bertz CT molecular complexity index is 1280. The lowest BCUT2D eigenvalue weighted by atomic mass is 9.60. The molecule has 230 valence electrons. The van der Waals surface area contributed by atoms with E-state index in [1.807, 2.05) is 44.2 Å². The SMILES string of the molecule is CC[Si](CC)(CC)OC(C)(C)[C@H](F)CC[C@@H](C)[C@H]1CC[C@H]2/C(=C/CS(=O)(=O)c3nc4ccccc4s3)CCC[C@]12C. The summed E-state index contributed by atoms with van der Waals surface area (Å²) in [6.45, 7) is 15.3. The van der Waals surface area contributed by atoms with E-state index in [1.165, 1.54) is 23.3 Å². The van der Waals surface area contributed by atoms with Gasteiger partial charge in [0.1, 0.15) is 6.17 Å². The molecule has 2 fully saturated rings. The maximum absolute atomic E-state index is 15.7. The summed E-state index contributed by atoms with van der Waals surface area (Å²) in [5.41, 5.74) is 1.46. The first-order valence-electron chi connectivity index (χ1n) is 15.9. The van der Waals surface area contributed by atoms with Crippen molar-refractivity contribution in [1.82, 2.24) is 4.98 Å². The third-order valence-corrected chi connectivity index (χ3v) is 18.8. The fourth-order valence-corrected chi connectivity index (χ4v) is 13.7. The molecule has 4 rings (SSSR count). The average molecular weight is 622 g/mol. The second kappa shape index (κ2) is 12.9. The molecule has 2 aromatic rings. The van der Waals surface area contributed by atoms with Crippen LogP contribution in [0.2, 0.25) is 18.1 Å². The molecule has 1 aromatic carbocycles. The molecular formula is C33H52FNO3S2Si. The number of halogens is 1. The van der Waals surface area contributed by atoms with Gasteiger partial charge in [-0.1, -0.05) is 58.4 Å². The number of para-hydroxylation sites is 1. The first-order valence-corrected chi connectivity index (χ1v) is 20.9. The first-order chi connectivity index (χ1) is 19.3. The molecule has 4 nitrogen and oxygen atoms in total. The maximum atomic E-state index is 15.7. The summed E-state index contributed by atoms with van der Waals surface area (Å²) in [5.74, 6) is 1.39. The number of thiazole rings is 1.